The maximum absolute atomic E-state index is 12.9. The molecule has 2 aromatic carbocycles. The molecule has 3 rings (SSSR count). The second-order valence-electron chi connectivity index (χ2n) is 6.69. The van der Waals surface area contributed by atoms with E-state index in [1.807, 2.05) is 13.0 Å². The van der Waals surface area contributed by atoms with E-state index < -0.39 is 21.8 Å². The molecule has 0 aromatic heterocycles. The third-order valence-corrected chi connectivity index (χ3v) is 5.96. The van der Waals surface area contributed by atoms with E-state index in [0.29, 0.717) is 5.56 Å². The summed E-state index contributed by atoms with van der Waals surface area (Å²) in [6.07, 6.45) is -3.75. The molecule has 0 spiro atoms. The number of halogens is 3. The molecule has 9 heteroatoms. The van der Waals surface area contributed by atoms with E-state index in [-0.39, 0.29) is 22.7 Å². The molecule has 2 atom stereocenters. The Morgan fingerprint density at radius 1 is 1.11 bits per heavy atom. The molecule has 0 bridgehead atoms. The van der Waals surface area contributed by atoms with Crippen LogP contribution in [0, 0.1) is 6.92 Å². The number of anilines is 1. The van der Waals surface area contributed by atoms with Gasteiger partial charge in [0.15, 0.2) is 0 Å². The third kappa shape index (κ3) is 4.42. The van der Waals surface area contributed by atoms with E-state index in [0.717, 1.165) is 24.1 Å². The predicted molar refractivity (Wildman–Crippen MR) is 96.5 cm³/mol. The molecule has 0 saturated carbocycles. The number of rotatable bonds is 4. The molecule has 1 aliphatic heterocycles. The number of hydrogen-bond donors (Lipinski definition) is 3. The highest BCUT2D eigenvalue weighted by Crippen LogP contribution is 2.32. The molecule has 0 amide bonds. The molecule has 3 N–H and O–H groups in total. The van der Waals surface area contributed by atoms with Crippen LogP contribution in [0.15, 0.2) is 47.4 Å². The Morgan fingerprint density at radius 3 is 2.48 bits per heavy atom. The van der Waals surface area contributed by atoms with Gasteiger partial charge in [-0.05, 0) is 55.7 Å². The molecule has 0 aliphatic carbocycles. The van der Waals surface area contributed by atoms with Crippen LogP contribution in [0.5, 0.6) is 0 Å². The number of sulfonamides is 1. The largest absolute Gasteiger partial charge is 0.416 e. The first-order valence-electron chi connectivity index (χ1n) is 8.38. The molecule has 1 saturated heterocycles. The number of nitrogens with one attached hydrogen (secondary N) is 3. The topological polar surface area (TPSA) is 70.2 Å². The molecular formula is C18H20F3N3O2S. The zero-order chi connectivity index (χ0) is 19.8. The first-order chi connectivity index (χ1) is 12.6. The summed E-state index contributed by atoms with van der Waals surface area (Å²) in [5, 5.41) is 0. The lowest BCUT2D eigenvalue weighted by Gasteiger charge is -2.15. The highest BCUT2D eigenvalue weighted by Gasteiger charge is 2.31. The van der Waals surface area contributed by atoms with Gasteiger partial charge in [0.2, 0.25) is 0 Å². The molecule has 5 nitrogen and oxygen atoms in total. The molecule has 27 heavy (non-hydrogen) atoms. The van der Waals surface area contributed by atoms with Gasteiger partial charge in [-0.15, -0.1) is 0 Å². The van der Waals surface area contributed by atoms with Crippen molar-refractivity contribution in [3.8, 4) is 0 Å². The quantitative estimate of drug-likeness (QED) is 0.733. The second kappa shape index (κ2) is 7.14. The number of aryl methyl sites for hydroxylation is 1. The van der Waals surface area contributed by atoms with Gasteiger partial charge in [-0.3, -0.25) is 15.6 Å². The van der Waals surface area contributed by atoms with Crippen molar-refractivity contribution >= 4 is 15.7 Å². The molecule has 2 unspecified atom stereocenters. The number of hydrogen-bond acceptors (Lipinski definition) is 4. The van der Waals surface area contributed by atoms with Crippen LogP contribution in [-0.4, -0.2) is 14.5 Å². The minimum atomic E-state index is -4.55. The molecule has 0 radical (unpaired) electrons. The molecular weight excluding hydrogens is 379 g/mol. The summed E-state index contributed by atoms with van der Waals surface area (Å²) >= 11 is 0. The molecule has 146 valence electrons. The van der Waals surface area contributed by atoms with Crippen LogP contribution in [0.2, 0.25) is 0 Å². The van der Waals surface area contributed by atoms with Gasteiger partial charge in [-0.2, -0.15) is 13.2 Å². The molecule has 2 aromatic rings. The van der Waals surface area contributed by atoms with Crippen molar-refractivity contribution in [1.29, 1.82) is 0 Å². The average molecular weight is 399 g/mol. The average Bonchev–Trinajstić information content (AvgIpc) is 3.00. The van der Waals surface area contributed by atoms with Crippen LogP contribution in [-0.2, 0) is 16.2 Å². The maximum atomic E-state index is 12.9. The molecule has 1 aliphatic rings. The summed E-state index contributed by atoms with van der Waals surface area (Å²) in [4.78, 5) is 0.0405. The van der Waals surface area contributed by atoms with Crippen molar-refractivity contribution in [1.82, 2.24) is 10.9 Å². The number of alkyl halides is 3. The lowest BCUT2D eigenvalue weighted by atomic mass is 10.0. The normalized spacial score (nSPS) is 20.6. The number of benzene rings is 2. The van der Waals surface area contributed by atoms with Crippen LogP contribution in [0.3, 0.4) is 0 Å². The smallest absolute Gasteiger partial charge is 0.280 e. The standard InChI is InChI=1S/C18H20F3N3O2S/c1-11-6-7-13(16-8-12(2)22-23-16)9-17(11)27(25,26)24-15-5-3-4-14(10-15)18(19,20)21/h3-7,9-10,12,16,22-24H,8H2,1-2H3. The Hall–Kier alpha value is -2.10. The van der Waals surface area contributed by atoms with Crippen LogP contribution >= 0.6 is 0 Å². The van der Waals surface area contributed by atoms with E-state index in [4.69, 9.17) is 0 Å². The Bertz CT molecular complexity index is 945. The Labute approximate surface area is 156 Å². The van der Waals surface area contributed by atoms with Crippen LogP contribution < -0.4 is 15.6 Å². The zero-order valence-electron chi connectivity index (χ0n) is 14.8. The monoisotopic (exact) mass is 399 g/mol. The van der Waals surface area contributed by atoms with Crippen molar-refractivity contribution < 1.29 is 21.6 Å². The molecule has 1 heterocycles. The van der Waals surface area contributed by atoms with Crippen molar-refractivity contribution in [3.05, 3.63) is 59.2 Å². The highest BCUT2D eigenvalue weighted by atomic mass is 32.2. The fourth-order valence-electron chi connectivity index (χ4n) is 3.03. The van der Waals surface area contributed by atoms with Crippen LogP contribution in [0.1, 0.15) is 36.1 Å². The minimum absolute atomic E-state index is 0.0388. The van der Waals surface area contributed by atoms with Crippen molar-refractivity contribution in [3.63, 3.8) is 0 Å². The molecule has 1 fully saturated rings. The third-order valence-electron chi connectivity index (χ3n) is 4.44. The summed E-state index contributed by atoms with van der Waals surface area (Å²) in [5.74, 6) is 0. The highest BCUT2D eigenvalue weighted by molar-refractivity contribution is 7.92. The Kier molecular flexibility index (Phi) is 5.20. The minimum Gasteiger partial charge on any atom is -0.280 e. The lowest BCUT2D eigenvalue weighted by Crippen LogP contribution is -2.29. The summed E-state index contributed by atoms with van der Waals surface area (Å²) in [6.45, 7) is 3.65. The first kappa shape index (κ1) is 19.7. The summed E-state index contributed by atoms with van der Waals surface area (Å²) in [6, 6.07) is 9.43. The Balaban J connectivity index is 1.91. The van der Waals surface area contributed by atoms with Gasteiger partial charge in [0.25, 0.3) is 10.0 Å². The SMILES string of the molecule is Cc1ccc(C2CC(C)NN2)cc1S(=O)(=O)Nc1cccc(C(F)(F)F)c1. The van der Waals surface area contributed by atoms with Crippen LogP contribution in [0.25, 0.3) is 0 Å². The van der Waals surface area contributed by atoms with E-state index in [9.17, 15) is 21.6 Å². The van der Waals surface area contributed by atoms with Gasteiger partial charge in [-0.25, -0.2) is 8.42 Å². The van der Waals surface area contributed by atoms with Gasteiger partial charge in [0.1, 0.15) is 0 Å². The first-order valence-corrected chi connectivity index (χ1v) is 9.86. The van der Waals surface area contributed by atoms with Crippen molar-refractivity contribution in [2.24, 2.45) is 0 Å². The van der Waals surface area contributed by atoms with E-state index in [2.05, 4.69) is 15.6 Å². The number of hydrazine groups is 1. The van der Waals surface area contributed by atoms with Crippen molar-refractivity contribution in [2.75, 3.05) is 4.72 Å². The van der Waals surface area contributed by atoms with E-state index in [1.54, 1.807) is 19.1 Å². The van der Waals surface area contributed by atoms with Crippen LogP contribution in [0.4, 0.5) is 18.9 Å². The van der Waals surface area contributed by atoms with E-state index >= 15 is 0 Å². The summed E-state index contributed by atoms with van der Waals surface area (Å²) in [7, 11) is -4.04. The maximum Gasteiger partial charge on any atom is 0.416 e. The van der Waals surface area contributed by atoms with Gasteiger partial charge >= 0.3 is 6.18 Å². The van der Waals surface area contributed by atoms with Gasteiger partial charge in [0.05, 0.1) is 10.5 Å². The lowest BCUT2D eigenvalue weighted by molar-refractivity contribution is -0.137. The Morgan fingerprint density at radius 2 is 1.85 bits per heavy atom. The fourth-order valence-corrected chi connectivity index (χ4v) is 4.36. The predicted octanol–water partition coefficient (Wildman–Crippen LogP) is 3.74. The van der Waals surface area contributed by atoms with Gasteiger partial charge in [0, 0.05) is 17.8 Å². The van der Waals surface area contributed by atoms with Gasteiger partial charge in [-0.1, -0.05) is 18.2 Å². The fraction of sp³-hybridized carbons (Fsp3) is 0.333. The van der Waals surface area contributed by atoms with Gasteiger partial charge < -0.3 is 0 Å². The zero-order valence-corrected chi connectivity index (χ0v) is 15.6. The van der Waals surface area contributed by atoms with Crippen molar-refractivity contribution in [2.45, 2.75) is 43.4 Å². The second-order valence-corrected chi connectivity index (χ2v) is 8.34. The summed E-state index contributed by atoms with van der Waals surface area (Å²) in [5.41, 5.74) is 6.44. The van der Waals surface area contributed by atoms with E-state index in [1.165, 1.54) is 12.1 Å². The summed E-state index contributed by atoms with van der Waals surface area (Å²) < 4.78 is 66.4.